The summed E-state index contributed by atoms with van der Waals surface area (Å²) < 4.78 is 22.9. The van der Waals surface area contributed by atoms with Gasteiger partial charge in [0.2, 0.25) is 0 Å². The summed E-state index contributed by atoms with van der Waals surface area (Å²) in [6.07, 6.45) is 5.79. The first kappa shape index (κ1) is 16.5. The minimum absolute atomic E-state index is 0.149. The first-order valence-electron chi connectivity index (χ1n) is 7.58. The van der Waals surface area contributed by atoms with Crippen LogP contribution in [-0.4, -0.2) is 32.4 Å². The number of aliphatic hydroxyl groups excluding tert-OH is 1. The van der Waals surface area contributed by atoms with E-state index >= 15 is 0 Å². The highest BCUT2D eigenvalue weighted by atomic mass is 32.2. The van der Waals surface area contributed by atoms with Crippen LogP contribution in [0.15, 0.2) is 29.2 Å². The number of rotatable bonds is 5. The van der Waals surface area contributed by atoms with E-state index in [0.717, 1.165) is 18.4 Å². The zero-order valence-corrected chi connectivity index (χ0v) is 13.6. The average Bonchev–Trinajstić information content (AvgIpc) is 2.47. The third kappa shape index (κ3) is 4.28. The number of aliphatic hydroxyl groups is 1. The van der Waals surface area contributed by atoms with Crippen LogP contribution in [0.1, 0.15) is 44.2 Å². The monoisotopic (exact) mass is 311 g/mol. The van der Waals surface area contributed by atoms with Gasteiger partial charge in [-0.2, -0.15) is 0 Å². The van der Waals surface area contributed by atoms with Crippen LogP contribution in [0.3, 0.4) is 0 Å². The van der Waals surface area contributed by atoms with Crippen molar-refractivity contribution in [3.8, 4) is 0 Å². The second-order valence-corrected chi connectivity index (χ2v) is 8.08. The van der Waals surface area contributed by atoms with E-state index in [1.165, 1.54) is 19.1 Å². The summed E-state index contributed by atoms with van der Waals surface area (Å²) >= 11 is 0. The molecule has 1 aromatic carbocycles. The second-order valence-electron chi connectivity index (χ2n) is 6.06. The quantitative estimate of drug-likeness (QED) is 0.875. The van der Waals surface area contributed by atoms with Crippen LogP contribution < -0.4 is 5.32 Å². The van der Waals surface area contributed by atoms with Gasteiger partial charge in [-0.25, -0.2) is 8.42 Å². The van der Waals surface area contributed by atoms with Crippen molar-refractivity contribution in [2.75, 3.05) is 12.9 Å². The lowest BCUT2D eigenvalue weighted by Gasteiger charge is -2.33. The summed E-state index contributed by atoms with van der Waals surface area (Å²) in [5, 5.41) is 13.0. The molecular formula is C16H25NO3S. The van der Waals surface area contributed by atoms with Crippen LogP contribution in [0.2, 0.25) is 0 Å². The minimum Gasteiger partial charge on any atom is -0.396 e. The molecule has 0 amide bonds. The van der Waals surface area contributed by atoms with E-state index in [9.17, 15) is 13.5 Å². The van der Waals surface area contributed by atoms with Crippen molar-refractivity contribution in [2.24, 2.45) is 5.92 Å². The third-order valence-electron chi connectivity index (χ3n) is 4.42. The molecule has 0 radical (unpaired) electrons. The molecule has 1 fully saturated rings. The molecule has 1 aliphatic carbocycles. The minimum atomic E-state index is -3.14. The van der Waals surface area contributed by atoms with Gasteiger partial charge < -0.3 is 10.4 Å². The maximum Gasteiger partial charge on any atom is 0.175 e. The smallest absolute Gasteiger partial charge is 0.175 e. The van der Waals surface area contributed by atoms with Gasteiger partial charge in [0.05, 0.1) is 4.90 Å². The number of benzene rings is 1. The highest BCUT2D eigenvalue weighted by molar-refractivity contribution is 7.90. The molecule has 3 atom stereocenters. The lowest BCUT2D eigenvalue weighted by molar-refractivity contribution is 0.147. The molecule has 21 heavy (non-hydrogen) atoms. The highest BCUT2D eigenvalue weighted by Crippen LogP contribution is 2.26. The zero-order chi connectivity index (χ0) is 15.5. The fourth-order valence-electron chi connectivity index (χ4n) is 3.07. The molecule has 5 heteroatoms. The lowest BCUT2D eigenvalue weighted by atomic mass is 9.84. The first-order valence-corrected chi connectivity index (χ1v) is 9.48. The number of hydrogen-bond acceptors (Lipinski definition) is 4. The van der Waals surface area contributed by atoms with Gasteiger partial charge in [-0.3, -0.25) is 0 Å². The normalized spacial score (nSPS) is 24.7. The van der Waals surface area contributed by atoms with E-state index < -0.39 is 9.84 Å². The molecule has 0 aromatic heterocycles. The number of nitrogens with one attached hydrogen (secondary N) is 1. The summed E-state index contributed by atoms with van der Waals surface area (Å²) in [7, 11) is -3.14. The Labute approximate surface area is 127 Å². The van der Waals surface area contributed by atoms with E-state index in [1.54, 1.807) is 12.1 Å². The predicted molar refractivity (Wildman–Crippen MR) is 83.9 cm³/mol. The Bertz CT molecular complexity index is 553. The molecule has 0 bridgehead atoms. The van der Waals surface area contributed by atoms with Gasteiger partial charge in [-0.05, 0) is 43.4 Å². The average molecular weight is 311 g/mol. The number of sulfone groups is 1. The zero-order valence-electron chi connectivity index (χ0n) is 12.7. The second kappa shape index (κ2) is 6.90. The van der Waals surface area contributed by atoms with E-state index in [-0.39, 0.29) is 12.6 Å². The molecule has 118 valence electrons. The fraction of sp³-hybridized carbons (Fsp3) is 0.625. The van der Waals surface area contributed by atoms with Crippen LogP contribution in [0, 0.1) is 5.92 Å². The summed E-state index contributed by atoms with van der Waals surface area (Å²) in [6, 6.07) is 7.54. The van der Waals surface area contributed by atoms with E-state index in [2.05, 4.69) is 12.2 Å². The molecule has 0 spiro atoms. The highest BCUT2D eigenvalue weighted by Gasteiger charge is 2.25. The Morgan fingerprint density at radius 3 is 2.43 bits per heavy atom. The topological polar surface area (TPSA) is 66.4 Å². The summed E-state index contributed by atoms with van der Waals surface area (Å²) in [6.45, 7) is 2.32. The predicted octanol–water partition coefficient (Wildman–Crippen LogP) is 2.29. The van der Waals surface area contributed by atoms with Crippen molar-refractivity contribution in [3.63, 3.8) is 0 Å². The maximum atomic E-state index is 11.5. The summed E-state index contributed by atoms with van der Waals surface area (Å²) in [4.78, 5) is 0.351. The van der Waals surface area contributed by atoms with Crippen molar-refractivity contribution in [3.05, 3.63) is 29.8 Å². The Kier molecular flexibility index (Phi) is 5.41. The summed E-state index contributed by atoms with van der Waals surface area (Å²) in [5.41, 5.74) is 1.07. The molecule has 0 saturated heterocycles. The van der Waals surface area contributed by atoms with Gasteiger partial charge in [-0.15, -0.1) is 0 Å². The van der Waals surface area contributed by atoms with Gasteiger partial charge in [0.25, 0.3) is 0 Å². The molecule has 1 aromatic rings. The standard InChI is InChI=1S/C16H25NO3S/c1-12(17-16-6-4-3-5-14(16)11-18)13-7-9-15(10-8-13)21(2,19)20/h7-10,12,14,16-18H,3-6,11H2,1-2H3. The molecule has 1 aliphatic rings. The van der Waals surface area contributed by atoms with Crippen LogP contribution >= 0.6 is 0 Å². The summed E-state index contributed by atoms with van der Waals surface area (Å²) in [5.74, 6) is 0.330. The molecule has 2 rings (SSSR count). The molecule has 4 nitrogen and oxygen atoms in total. The Balaban J connectivity index is 2.04. The number of hydrogen-bond donors (Lipinski definition) is 2. The van der Waals surface area contributed by atoms with Crippen molar-refractivity contribution in [2.45, 2.75) is 49.6 Å². The van der Waals surface area contributed by atoms with Crippen molar-refractivity contribution in [1.82, 2.24) is 5.32 Å². The van der Waals surface area contributed by atoms with E-state index in [1.807, 2.05) is 12.1 Å². The van der Waals surface area contributed by atoms with E-state index in [0.29, 0.717) is 16.9 Å². The fourth-order valence-corrected chi connectivity index (χ4v) is 3.70. The Hall–Kier alpha value is -0.910. The first-order chi connectivity index (χ1) is 9.91. The van der Waals surface area contributed by atoms with Gasteiger partial charge in [0.15, 0.2) is 9.84 Å². The molecule has 0 aliphatic heterocycles. The largest absolute Gasteiger partial charge is 0.396 e. The van der Waals surface area contributed by atoms with Gasteiger partial charge in [0, 0.05) is 24.9 Å². The van der Waals surface area contributed by atoms with Gasteiger partial charge in [-0.1, -0.05) is 25.0 Å². The SMILES string of the molecule is CC(NC1CCCCC1CO)c1ccc(S(C)(=O)=O)cc1. The molecule has 0 heterocycles. The lowest BCUT2D eigenvalue weighted by Crippen LogP contribution is -2.41. The van der Waals surface area contributed by atoms with Crippen LogP contribution in [0.4, 0.5) is 0 Å². The van der Waals surface area contributed by atoms with Crippen molar-refractivity contribution in [1.29, 1.82) is 0 Å². The Morgan fingerprint density at radius 1 is 1.24 bits per heavy atom. The van der Waals surface area contributed by atoms with Crippen molar-refractivity contribution >= 4 is 9.84 Å². The van der Waals surface area contributed by atoms with Crippen molar-refractivity contribution < 1.29 is 13.5 Å². The molecular weight excluding hydrogens is 286 g/mol. The van der Waals surface area contributed by atoms with Gasteiger partial charge >= 0.3 is 0 Å². The molecule has 2 N–H and O–H groups in total. The molecule has 1 saturated carbocycles. The third-order valence-corrected chi connectivity index (χ3v) is 5.54. The van der Waals surface area contributed by atoms with Crippen LogP contribution in [0.25, 0.3) is 0 Å². The molecule has 3 unspecified atom stereocenters. The van der Waals surface area contributed by atoms with Crippen LogP contribution in [-0.2, 0) is 9.84 Å². The Morgan fingerprint density at radius 2 is 1.86 bits per heavy atom. The maximum absolute atomic E-state index is 11.5. The van der Waals surface area contributed by atoms with Gasteiger partial charge in [0.1, 0.15) is 0 Å². The van der Waals surface area contributed by atoms with E-state index in [4.69, 9.17) is 0 Å². The van der Waals surface area contributed by atoms with Crippen LogP contribution in [0.5, 0.6) is 0 Å².